The molecule has 24 heavy (non-hydrogen) atoms. The highest BCUT2D eigenvalue weighted by Crippen LogP contribution is 2.25. The van der Waals surface area contributed by atoms with Crippen molar-refractivity contribution < 1.29 is 4.79 Å². The number of aromatic nitrogens is 1. The fourth-order valence-corrected chi connectivity index (χ4v) is 3.26. The molecule has 0 radical (unpaired) electrons. The molecule has 2 N–H and O–H groups in total. The molecule has 0 aliphatic carbocycles. The highest BCUT2D eigenvalue weighted by Gasteiger charge is 2.07. The minimum Gasteiger partial charge on any atom is -0.375 e. The topological polar surface area (TPSA) is 57.3 Å². The van der Waals surface area contributed by atoms with Crippen LogP contribution in [0.2, 0.25) is 0 Å². The second kappa shape index (κ2) is 7.79. The largest absolute Gasteiger partial charge is 0.375 e. The first kappa shape index (κ1) is 16.3. The summed E-state index contributed by atoms with van der Waals surface area (Å²) in [6.07, 6.45) is 0.874. The van der Waals surface area contributed by atoms with Gasteiger partial charge in [0.15, 0.2) is 5.13 Å². The number of hydrogen-bond acceptors (Lipinski definition) is 4. The van der Waals surface area contributed by atoms with E-state index >= 15 is 0 Å². The number of para-hydroxylation sites is 2. The van der Waals surface area contributed by atoms with E-state index in [9.17, 15) is 4.79 Å². The van der Waals surface area contributed by atoms with Crippen LogP contribution in [-0.2, 0) is 0 Å². The van der Waals surface area contributed by atoms with Crippen LogP contribution in [0.25, 0.3) is 10.2 Å². The number of carbonyl (C=O) groups excluding carboxylic acids is 1. The van der Waals surface area contributed by atoms with Crippen LogP contribution >= 0.6 is 11.3 Å². The van der Waals surface area contributed by atoms with Gasteiger partial charge in [0.2, 0.25) is 0 Å². The summed E-state index contributed by atoms with van der Waals surface area (Å²) < 4.78 is 1.07. The molecule has 3 aromatic rings. The van der Waals surface area contributed by atoms with Gasteiger partial charge in [-0.2, -0.15) is 0 Å². The van der Waals surface area contributed by atoms with Crippen molar-refractivity contribution in [1.29, 1.82) is 0 Å². The van der Waals surface area contributed by atoms with Crippen molar-refractivity contribution in [2.75, 3.05) is 30.4 Å². The normalized spacial score (nSPS) is 10.5. The van der Waals surface area contributed by atoms with E-state index in [0.717, 1.165) is 23.2 Å². The summed E-state index contributed by atoms with van der Waals surface area (Å²) in [5.41, 5.74) is 2.08. The van der Waals surface area contributed by atoms with Crippen LogP contribution in [0.4, 0.5) is 15.6 Å². The average molecular weight is 340 g/mol. The van der Waals surface area contributed by atoms with Gasteiger partial charge in [-0.25, -0.2) is 9.78 Å². The molecule has 2 amide bonds. The third-order valence-corrected chi connectivity index (χ3v) is 4.62. The molecule has 3 rings (SSSR count). The van der Waals surface area contributed by atoms with Crippen molar-refractivity contribution in [3.63, 3.8) is 0 Å². The first-order valence-corrected chi connectivity index (χ1v) is 8.70. The van der Waals surface area contributed by atoms with Gasteiger partial charge in [0.25, 0.3) is 0 Å². The van der Waals surface area contributed by atoms with Crippen molar-refractivity contribution >= 4 is 38.4 Å². The average Bonchev–Trinajstić information content (AvgIpc) is 3.01. The molecular weight excluding hydrogens is 320 g/mol. The van der Waals surface area contributed by atoms with E-state index in [1.807, 2.05) is 42.5 Å². The fraction of sp³-hybridized carbons (Fsp3) is 0.222. The number of benzene rings is 2. The van der Waals surface area contributed by atoms with Gasteiger partial charge in [-0.3, -0.25) is 5.32 Å². The van der Waals surface area contributed by atoms with E-state index in [1.165, 1.54) is 17.0 Å². The number of rotatable bonds is 6. The minimum absolute atomic E-state index is 0.212. The Morgan fingerprint density at radius 2 is 1.88 bits per heavy atom. The molecule has 0 saturated heterocycles. The van der Waals surface area contributed by atoms with Gasteiger partial charge in [0, 0.05) is 25.8 Å². The zero-order valence-electron chi connectivity index (χ0n) is 13.5. The molecule has 1 aromatic heterocycles. The summed E-state index contributed by atoms with van der Waals surface area (Å²) in [7, 11) is 2.05. The Labute approximate surface area is 145 Å². The van der Waals surface area contributed by atoms with Crippen LogP contribution in [0.1, 0.15) is 6.42 Å². The third-order valence-electron chi connectivity index (χ3n) is 3.67. The highest BCUT2D eigenvalue weighted by molar-refractivity contribution is 7.22. The second-order valence-corrected chi connectivity index (χ2v) is 6.51. The molecule has 0 bridgehead atoms. The molecule has 0 fully saturated rings. The summed E-state index contributed by atoms with van der Waals surface area (Å²) in [5.74, 6) is 0. The van der Waals surface area contributed by atoms with E-state index in [-0.39, 0.29) is 6.03 Å². The predicted octanol–water partition coefficient (Wildman–Crippen LogP) is 3.94. The molecule has 0 saturated carbocycles. The molecule has 0 aliphatic rings. The summed E-state index contributed by atoms with van der Waals surface area (Å²) >= 11 is 1.48. The zero-order valence-corrected chi connectivity index (χ0v) is 14.3. The lowest BCUT2D eigenvalue weighted by Crippen LogP contribution is -2.31. The number of fused-ring (bicyclic) bond motifs is 1. The summed E-state index contributed by atoms with van der Waals surface area (Å²) in [4.78, 5) is 18.5. The van der Waals surface area contributed by atoms with Crippen molar-refractivity contribution in [1.82, 2.24) is 10.3 Å². The van der Waals surface area contributed by atoms with Crippen LogP contribution in [0.15, 0.2) is 54.6 Å². The van der Waals surface area contributed by atoms with Crippen molar-refractivity contribution in [3.8, 4) is 0 Å². The molecule has 0 aliphatic heterocycles. The summed E-state index contributed by atoms with van der Waals surface area (Å²) in [6.45, 7) is 1.50. The maximum atomic E-state index is 11.9. The van der Waals surface area contributed by atoms with Crippen molar-refractivity contribution in [2.24, 2.45) is 0 Å². The maximum Gasteiger partial charge on any atom is 0.321 e. The number of hydrogen-bond donors (Lipinski definition) is 2. The Morgan fingerprint density at radius 3 is 2.67 bits per heavy atom. The van der Waals surface area contributed by atoms with E-state index < -0.39 is 0 Å². The molecule has 2 aromatic carbocycles. The number of nitrogens with one attached hydrogen (secondary N) is 2. The van der Waals surface area contributed by atoms with E-state index in [0.29, 0.717) is 11.7 Å². The lowest BCUT2D eigenvalue weighted by atomic mass is 10.3. The van der Waals surface area contributed by atoms with Gasteiger partial charge >= 0.3 is 6.03 Å². The fourth-order valence-electron chi connectivity index (χ4n) is 2.40. The van der Waals surface area contributed by atoms with Gasteiger partial charge in [-0.15, -0.1) is 0 Å². The van der Waals surface area contributed by atoms with Gasteiger partial charge in [-0.1, -0.05) is 41.7 Å². The van der Waals surface area contributed by atoms with Crippen LogP contribution < -0.4 is 15.5 Å². The number of thiazole rings is 1. The standard InChI is InChI=1S/C18H20N4OS/c1-22(14-8-3-2-4-9-14)13-7-12-19-17(23)21-18-20-15-10-5-6-11-16(15)24-18/h2-6,8-11H,7,12-13H2,1H3,(H2,19,20,21,23). The van der Waals surface area contributed by atoms with Crippen LogP contribution in [0, 0.1) is 0 Å². The van der Waals surface area contributed by atoms with Crippen LogP contribution in [-0.4, -0.2) is 31.2 Å². The van der Waals surface area contributed by atoms with Gasteiger partial charge in [0.1, 0.15) is 0 Å². The maximum absolute atomic E-state index is 11.9. The summed E-state index contributed by atoms with van der Waals surface area (Å²) in [5, 5.41) is 6.29. The van der Waals surface area contributed by atoms with Crippen LogP contribution in [0.3, 0.4) is 0 Å². The highest BCUT2D eigenvalue weighted by atomic mass is 32.1. The lowest BCUT2D eigenvalue weighted by molar-refractivity contribution is 0.252. The minimum atomic E-state index is -0.212. The zero-order chi connectivity index (χ0) is 16.8. The Balaban J connectivity index is 1.41. The smallest absolute Gasteiger partial charge is 0.321 e. The van der Waals surface area contributed by atoms with Crippen molar-refractivity contribution in [3.05, 3.63) is 54.6 Å². The van der Waals surface area contributed by atoms with E-state index in [1.54, 1.807) is 0 Å². The number of nitrogens with zero attached hydrogens (tertiary/aromatic N) is 2. The SMILES string of the molecule is CN(CCCNC(=O)Nc1nc2ccccc2s1)c1ccccc1. The predicted molar refractivity (Wildman–Crippen MR) is 101 cm³/mol. The molecule has 124 valence electrons. The number of carbonyl (C=O) groups is 1. The second-order valence-electron chi connectivity index (χ2n) is 5.48. The van der Waals surface area contributed by atoms with Gasteiger partial charge in [0.05, 0.1) is 10.2 Å². The Kier molecular flexibility index (Phi) is 5.28. The molecule has 5 nitrogen and oxygen atoms in total. The van der Waals surface area contributed by atoms with Gasteiger partial charge in [-0.05, 0) is 30.7 Å². The quantitative estimate of drug-likeness (QED) is 0.668. The lowest BCUT2D eigenvalue weighted by Gasteiger charge is -2.19. The molecule has 6 heteroatoms. The summed E-state index contributed by atoms with van der Waals surface area (Å²) in [6, 6.07) is 17.8. The Bertz CT molecular complexity index is 770. The molecule has 0 spiro atoms. The number of urea groups is 1. The van der Waals surface area contributed by atoms with Crippen LogP contribution in [0.5, 0.6) is 0 Å². The number of amides is 2. The number of anilines is 2. The molecule has 0 atom stereocenters. The Morgan fingerprint density at radius 1 is 1.12 bits per heavy atom. The van der Waals surface area contributed by atoms with Crippen molar-refractivity contribution in [2.45, 2.75) is 6.42 Å². The molecule has 0 unspecified atom stereocenters. The first-order valence-electron chi connectivity index (χ1n) is 7.89. The monoisotopic (exact) mass is 340 g/mol. The first-order chi connectivity index (χ1) is 11.7. The molecule has 1 heterocycles. The van der Waals surface area contributed by atoms with Gasteiger partial charge < -0.3 is 10.2 Å². The third kappa shape index (κ3) is 4.23. The van der Waals surface area contributed by atoms with E-state index in [4.69, 9.17) is 0 Å². The Hall–Kier alpha value is -2.60. The van der Waals surface area contributed by atoms with E-state index in [2.05, 4.69) is 39.7 Å². The molecular formula is C18H20N4OS.